The highest BCUT2D eigenvalue weighted by Gasteiger charge is 2.19. The molecule has 0 spiro atoms. The number of nitrogens with zero attached hydrogens (tertiary/aromatic N) is 4. The zero-order valence-corrected chi connectivity index (χ0v) is 13.2. The Balaban J connectivity index is 2.08. The molecule has 0 aromatic carbocycles. The van der Waals surface area contributed by atoms with Crippen molar-refractivity contribution < 1.29 is 0 Å². The first kappa shape index (κ1) is 14.7. The third kappa shape index (κ3) is 4.11. The van der Waals surface area contributed by atoms with Gasteiger partial charge in [0, 0.05) is 24.4 Å². The summed E-state index contributed by atoms with van der Waals surface area (Å²) in [5.74, 6) is 1.24. The van der Waals surface area contributed by atoms with Gasteiger partial charge in [-0.05, 0) is 44.5 Å². The van der Waals surface area contributed by atoms with Crippen LogP contribution in [0.15, 0.2) is 0 Å². The van der Waals surface area contributed by atoms with Crippen molar-refractivity contribution in [3.8, 4) is 0 Å². The average Bonchev–Trinajstić information content (AvgIpc) is 2.90. The molecular weight excluding hydrogens is 282 g/mol. The summed E-state index contributed by atoms with van der Waals surface area (Å²) in [6.45, 7) is 7.13. The van der Waals surface area contributed by atoms with Crippen molar-refractivity contribution in [1.82, 2.24) is 15.0 Å². The zero-order chi connectivity index (χ0) is 13.9. The molecule has 1 aliphatic heterocycles. The van der Waals surface area contributed by atoms with Crippen LogP contribution < -0.4 is 10.2 Å². The van der Waals surface area contributed by atoms with Crippen molar-refractivity contribution in [3.05, 3.63) is 5.28 Å². The van der Waals surface area contributed by atoms with Crippen LogP contribution in [0.1, 0.15) is 26.7 Å². The maximum absolute atomic E-state index is 5.98. The third-order valence-corrected chi connectivity index (χ3v) is 4.63. The van der Waals surface area contributed by atoms with Crippen LogP contribution in [-0.4, -0.2) is 45.6 Å². The highest BCUT2D eigenvalue weighted by atomic mass is 35.5. The molecule has 1 aliphatic rings. The Kier molecular flexibility index (Phi) is 4.73. The SMILES string of the molecule is CSC(C)(C)CNc1nc(Cl)nc(N2CCCC2)n1. The van der Waals surface area contributed by atoms with E-state index in [2.05, 4.69) is 45.3 Å². The minimum atomic E-state index is 0.132. The standard InChI is InChI=1S/C12H20ClN5S/c1-12(2,19-3)8-14-10-15-9(13)16-11(17-10)18-6-4-5-7-18/h4-8H2,1-3H3,(H,14,15,16,17). The van der Waals surface area contributed by atoms with Crippen molar-refractivity contribution in [1.29, 1.82) is 0 Å². The van der Waals surface area contributed by atoms with Crippen LogP contribution in [0.5, 0.6) is 0 Å². The summed E-state index contributed by atoms with van der Waals surface area (Å²) in [5, 5.41) is 3.50. The molecule has 1 fully saturated rings. The van der Waals surface area contributed by atoms with Crippen LogP contribution >= 0.6 is 23.4 Å². The molecule has 0 atom stereocenters. The number of hydrogen-bond acceptors (Lipinski definition) is 6. The third-order valence-electron chi connectivity index (χ3n) is 3.21. The Morgan fingerprint density at radius 3 is 2.58 bits per heavy atom. The van der Waals surface area contributed by atoms with E-state index in [0.29, 0.717) is 11.9 Å². The fourth-order valence-electron chi connectivity index (χ4n) is 1.84. The lowest BCUT2D eigenvalue weighted by Gasteiger charge is -2.22. The molecule has 1 saturated heterocycles. The van der Waals surface area contributed by atoms with Gasteiger partial charge in [-0.15, -0.1) is 0 Å². The van der Waals surface area contributed by atoms with Crippen LogP contribution in [0.25, 0.3) is 0 Å². The Bertz CT molecular complexity index is 434. The van der Waals surface area contributed by atoms with Crippen molar-refractivity contribution in [3.63, 3.8) is 0 Å². The van der Waals surface area contributed by atoms with E-state index in [1.807, 2.05) is 0 Å². The van der Waals surface area contributed by atoms with Gasteiger partial charge in [0.2, 0.25) is 17.2 Å². The Hall–Kier alpha value is -0.750. The average molecular weight is 302 g/mol. The fourth-order valence-corrected chi connectivity index (χ4v) is 2.21. The van der Waals surface area contributed by atoms with Gasteiger partial charge in [-0.3, -0.25) is 0 Å². The molecule has 2 rings (SSSR count). The summed E-state index contributed by atoms with van der Waals surface area (Å²) in [6.07, 6.45) is 4.47. The number of hydrogen-bond donors (Lipinski definition) is 1. The molecule has 5 nitrogen and oxygen atoms in total. The van der Waals surface area contributed by atoms with Crippen LogP contribution in [0.4, 0.5) is 11.9 Å². The minimum absolute atomic E-state index is 0.132. The molecule has 0 saturated carbocycles. The number of rotatable bonds is 5. The molecule has 106 valence electrons. The van der Waals surface area contributed by atoms with Gasteiger partial charge in [-0.1, -0.05) is 0 Å². The highest BCUT2D eigenvalue weighted by Crippen LogP contribution is 2.22. The Labute approximate surface area is 123 Å². The van der Waals surface area contributed by atoms with E-state index >= 15 is 0 Å². The maximum atomic E-state index is 5.98. The smallest absolute Gasteiger partial charge is 0.231 e. The lowest BCUT2D eigenvalue weighted by Crippen LogP contribution is -2.27. The molecule has 1 aromatic rings. The first-order valence-corrected chi connectivity index (χ1v) is 8.06. The number of aromatic nitrogens is 3. The van der Waals surface area contributed by atoms with Crippen LogP contribution in [0, 0.1) is 0 Å². The lowest BCUT2D eigenvalue weighted by molar-refractivity contribution is 0.744. The molecule has 2 heterocycles. The molecular formula is C12H20ClN5S. The molecule has 1 aromatic heterocycles. The predicted molar refractivity (Wildman–Crippen MR) is 82.4 cm³/mol. The molecule has 0 bridgehead atoms. The van der Waals surface area contributed by atoms with Gasteiger partial charge >= 0.3 is 0 Å². The molecule has 0 radical (unpaired) electrons. The summed E-state index contributed by atoms with van der Waals surface area (Å²) >= 11 is 7.78. The second-order valence-corrected chi connectivity index (χ2v) is 7.09. The normalized spacial score (nSPS) is 15.9. The molecule has 7 heteroatoms. The summed E-state index contributed by atoms with van der Waals surface area (Å²) < 4.78 is 0.132. The van der Waals surface area contributed by atoms with Gasteiger partial charge in [-0.25, -0.2) is 0 Å². The molecule has 19 heavy (non-hydrogen) atoms. The monoisotopic (exact) mass is 301 g/mol. The second-order valence-electron chi connectivity index (χ2n) is 5.24. The summed E-state index contributed by atoms with van der Waals surface area (Å²) in [5.41, 5.74) is 0. The molecule has 0 aliphatic carbocycles. The van der Waals surface area contributed by atoms with Crippen molar-refractivity contribution in [2.24, 2.45) is 0 Å². The Morgan fingerprint density at radius 1 is 1.26 bits per heavy atom. The largest absolute Gasteiger partial charge is 0.353 e. The second kappa shape index (κ2) is 6.13. The molecule has 0 amide bonds. The first-order chi connectivity index (χ1) is 9.00. The minimum Gasteiger partial charge on any atom is -0.353 e. The van der Waals surface area contributed by atoms with E-state index in [4.69, 9.17) is 11.6 Å². The summed E-state index contributed by atoms with van der Waals surface area (Å²) in [7, 11) is 0. The van der Waals surface area contributed by atoms with E-state index in [-0.39, 0.29) is 10.0 Å². The van der Waals surface area contributed by atoms with Gasteiger partial charge in [-0.2, -0.15) is 26.7 Å². The van der Waals surface area contributed by atoms with Crippen molar-refractivity contribution >= 4 is 35.3 Å². The summed E-state index contributed by atoms with van der Waals surface area (Å²) in [4.78, 5) is 14.9. The number of halogens is 1. The van der Waals surface area contributed by atoms with Crippen LogP contribution in [0.3, 0.4) is 0 Å². The predicted octanol–water partition coefficient (Wildman–Crippen LogP) is 2.68. The van der Waals surface area contributed by atoms with E-state index in [9.17, 15) is 0 Å². The van der Waals surface area contributed by atoms with E-state index in [1.165, 1.54) is 12.8 Å². The number of thioether (sulfide) groups is 1. The van der Waals surface area contributed by atoms with E-state index in [1.54, 1.807) is 11.8 Å². The summed E-state index contributed by atoms with van der Waals surface area (Å²) in [6, 6.07) is 0. The van der Waals surface area contributed by atoms with Gasteiger partial charge in [0.15, 0.2) is 0 Å². The zero-order valence-electron chi connectivity index (χ0n) is 11.6. The van der Waals surface area contributed by atoms with Gasteiger partial charge in [0.25, 0.3) is 0 Å². The topological polar surface area (TPSA) is 53.9 Å². The van der Waals surface area contributed by atoms with Gasteiger partial charge < -0.3 is 10.2 Å². The number of nitrogens with one attached hydrogen (secondary N) is 1. The number of anilines is 2. The van der Waals surface area contributed by atoms with E-state index in [0.717, 1.165) is 19.6 Å². The molecule has 0 unspecified atom stereocenters. The highest BCUT2D eigenvalue weighted by molar-refractivity contribution is 7.99. The van der Waals surface area contributed by atoms with Crippen molar-refractivity contribution in [2.45, 2.75) is 31.4 Å². The van der Waals surface area contributed by atoms with Crippen LogP contribution in [-0.2, 0) is 0 Å². The van der Waals surface area contributed by atoms with Gasteiger partial charge in [0.05, 0.1) is 0 Å². The quantitative estimate of drug-likeness (QED) is 0.902. The van der Waals surface area contributed by atoms with Crippen LogP contribution in [0.2, 0.25) is 5.28 Å². The Morgan fingerprint density at radius 2 is 1.95 bits per heavy atom. The fraction of sp³-hybridized carbons (Fsp3) is 0.750. The van der Waals surface area contributed by atoms with Crippen molar-refractivity contribution in [2.75, 3.05) is 36.1 Å². The lowest BCUT2D eigenvalue weighted by atomic mass is 10.2. The first-order valence-electron chi connectivity index (χ1n) is 6.46. The maximum Gasteiger partial charge on any atom is 0.231 e. The molecule has 1 N–H and O–H groups in total. The van der Waals surface area contributed by atoms with E-state index < -0.39 is 0 Å². The van der Waals surface area contributed by atoms with Gasteiger partial charge in [0.1, 0.15) is 0 Å².